The van der Waals surface area contributed by atoms with Crippen LogP contribution in [0, 0.1) is 0 Å². The van der Waals surface area contributed by atoms with E-state index in [9.17, 15) is 9.90 Å². The van der Waals surface area contributed by atoms with E-state index in [0.717, 1.165) is 6.42 Å². The van der Waals surface area contributed by atoms with Gasteiger partial charge in [-0.15, -0.1) is 0 Å². The summed E-state index contributed by atoms with van der Waals surface area (Å²) in [6, 6.07) is 5.15. The Kier molecular flexibility index (Phi) is 4.77. The number of aliphatic hydroxyl groups is 1. The molecule has 1 heterocycles. The minimum Gasteiger partial charge on any atom is -0.391 e. The maximum atomic E-state index is 11.5. The summed E-state index contributed by atoms with van der Waals surface area (Å²) in [4.78, 5) is 15.4. The van der Waals surface area contributed by atoms with Crippen LogP contribution in [0.5, 0.6) is 0 Å². The number of hydrogen-bond acceptors (Lipinski definition) is 3. The van der Waals surface area contributed by atoms with Gasteiger partial charge in [-0.05, 0) is 18.6 Å². The van der Waals surface area contributed by atoms with Crippen molar-refractivity contribution in [2.75, 3.05) is 6.54 Å². The summed E-state index contributed by atoms with van der Waals surface area (Å²) in [7, 11) is 0. The average molecular weight is 208 g/mol. The van der Waals surface area contributed by atoms with Crippen molar-refractivity contribution in [2.24, 2.45) is 0 Å². The molecular formula is C11H16N2O2. The molecule has 0 radical (unpaired) electrons. The van der Waals surface area contributed by atoms with Gasteiger partial charge in [0.1, 0.15) is 5.69 Å². The van der Waals surface area contributed by atoms with E-state index in [1.807, 2.05) is 6.92 Å². The molecule has 4 heteroatoms. The Morgan fingerprint density at radius 1 is 1.60 bits per heavy atom. The third-order valence-electron chi connectivity index (χ3n) is 2.02. The molecule has 1 unspecified atom stereocenters. The Hall–Kier alpha value is -1.42. The first-order valence-corrected chi connectivity index (χ1v) is 5.11. The lowest BCUT2D eigenvalue weighted by atomic mass is 10.2. The second kappa shape index (κ2) is 6.14. The molecule has 15 heavy (non-hydrogen) atoms. The summed E-state index contributed by atoms with van der Waals surface area (Å²) in [6.45, 7) is 2.27. The van der Waals surface area contributed by atoms with Crippen molar-refractivity contribution in [1.82, 2.24) is 10.3 Å². The summed E-state index contributed by atoms with van der Waals surface area (Å²) in [5.41, 5.74) is 0.376. The Balaban J connectivity index is 2.37. The van der Waals surface area contributed by atoms with Crippen molar-refractivity contribution in [3.05, 3.63) is 30.1 Å². The van der Waals surface area contributed by atoms with E-state index in [1.165, 1.54) is 0 Å². The maximum absolute atomic E-state index is 11.5. The predicted octanol–water partition coefficient (Wildman–Crippen LogP) is 0.972. The van der Waals surface area contributed by atoms with E-state index in [4.69, 9.17) is 0 Å². The van der Waals surface area contributed by atoms with Gasteiger partial charge < -0.3 is 10.4 Å². The van der Waals surface area contributed by atoms with Gasteiger partial charge in [-0.1, -0.05) is 19.4 Å². The smallest absolute Gasteiger partial charge is 0.269 e. The van der Waals surface area contributed by atoms with E-state index < -0.39 is 6.10 Å². The minimum atomic E-state index is -0.470. The van der Waals surface area contributed by atoms with Gasteiger partial charge in [-0.3, -0.25) is 9.78 Å². The molecule has 0 aliphatic heterocycles. The lowest BCUT2D eigenvalue weighted by Crippen LogP contribution is -2.32. The standard InChI is InChI=1S/C11H16N2O2/c1-2-5-9(14)8-13-11(15)10-6-3-4-7-12-10/h3-4,6-7,9,14H,2,5,8H2,1H3,(H,13,15). The SMILES string of the molecule is CCCC(O)CNC(=O)c1ccccn1. The van der Waals surface area contributed by atoms with Crippen LogP contribution in [-0.2, 0) is 0 Å². The first kappa shape index (κ1) is 11.7. The lowest BCUT2D eigenvalue weighted by Gasteiger charge is -2.09. The molecule has 0 bridgehead atoms. The summed E-state index contributed by atoms with van der Waals surface area (Å²) in [5, 5.41) is 12.0. The van der Waals surface area contributed by atoms with Crippen molar-refractivity contribution in [2.45, 2.75) is 25.9 Å². The number of rotatable bonds is 5. The van der Waals surface area contributed by atoms with Gasteiger partial charge in [0, 0.05) is 12.7 Å². The normalized spacial score (nSPS) is 12.1. The van der Waals surface area contributed by atoms with Crippen LogP contribution < -0.4 is 5.32 Å². The number of carbonyl (C=O) groups is 1. The largest absolute Gasteiger partial charge is 0.391 e. The number of pyridine rings is 1. The van der Waals surface area contributed by atoms with Crippen molar-refractivity contribution >= 4 is 5.91 Å². The van der Waals surface area contributed by atoms with E-state index in [1.54, 1.807) is 24.4 Å². The highest BCUT2D eigenvalue weighted by Crippen LogP contribution is 1.96. The first-order valence-electron chi connectivity index (χ1n) is 5.11. The molecule has 2 N–H and O–H groups in total. The summed E-state index contributed by atoms with van der Waals surface area (Å²) < 4.78 is 0. The molecule has 1 atom stereocenters. The third kappa shape index (κ3) is 4.08. The van der Waals surface area contributed by atoms with E-state index in [-0.39, 0.29) is 12.5 Å². The molecule has 1 aromatic heterocycles. The zero-order valence-electron chi connectivity index (χ0n) is 8.81. The van der Waals surface area contributed by atoms with Gasteiger partial charge in [-0.25, -0.2) is 0 Å². The maximum Gasteiger partial charge on any atom is 0.269 e. The third-order valence-corrected chi connectivity index (χ3v) is 2.02. The zero-order valence-corrected chi connectivity index (χ0v) is 8.81. The van der Waals surface area contributed by atoms with Crippen molar-refractivity contribution < 1.29 is 9.90 Å². The molecule has 1 amide bonds. The minimum absolute atomic E-state index is 0.245. The molecule has 0 saturated carbocycles. The Bertz CT molecular complexity index is 301. The van der Waals surface area contributed by atoms with Crippen LogP contribution in [0.25, 0.3) is 0 Å². The monoisotopic (exact) mass is 208 g/mol. The number of amides is 1. The molecule has 4 nitrogen and oxygen atoms in total. The van der Waals surface area contributed by atoms with Gasteiger partial charge in [0.05, 0.1) is 6.10 Å². The number of nitrogens with one attached hydrogen (secondary N) is 1. The fourth-order valence-electron chi connectivity index (χ4n) is 1.23. The predicted molar refractivity (Wildman–Crippen MR) is 57.5 cm³/mol. The summed E-state index contributed by atoms with van der Waals surface area (Å²) in [5.74, 6) is -0.245. The highest BCUT2D eigenvalue weighted by atomic mass is 16.3. The van der Waals surface area contributed by atoms with Crippen LogP contribution in [0.4, 0.5) is 0 Å². The van der Waals surface area contributed by atoms with Crippen molar-refractivity contribution in [3.63, 3.8) is 0 Å². The second-order valence-corrected chi connectivity index (χ2v) is 3.37. The molecule has 0 aliphatic carbocycles. The highest BCUT2D eigenvalue weighted by molar-refractivity contribution is 5.92. The number of hydrogen-bond donors (Lipinski definition) is 2. The molecule has 0 spiro atoms. The molecule has 0 saturated heterocycles. The summed E-state index contributed by atoms with van der Waals surface area (Å²) in [6.07, 6.45) is 2.70. The van der Waals surface area contributed by atoms with Gasteiger partial charge in [0.15, 0.2) is 0 Å². The first-order chi connectivity index (χ1) is 7.24. The number of nitrogens with zero attached hydrogens (tertiary/aromatic N) is 1. The molecule has 0 fully saturated rings. The Morgan fingerprint density at radius 2 is 2.40 bits per heavy atom. The topological polar surface area (TPSA) is 62.2 Å². The molecule has 82 valence electrons. The molecule has 1 aromatic rings. The van der Waals surface area contributed by atoms with Crippen LogP contribution >= 0.6 is 0 Å². The van der Waals surface area contributed by atoms with E-state index in [2.05, 4.69) is 10.3 Å². The van der Waals surface area contributed by atoms with Crippen LogP contribution in [-0.4, -0.2) is 28.6 Å². The number of aliphatic hydroxyl groups excluding tert-OH is 1. The van der Waals surface area contributed by atoms with Gasteiger partial charge >= 0.3 is 0 Å². The molecule has 0 aliphatic rings. The van der Waals surface area contributed by atoms with Gasteiger partial charge in [-0.2, -0.15) is 0 Å². The Morgan fingerprint density at radius 3 is 3.00 bits per heavy atom. The average Bonchev–Trinajstić information content (AvgIpc) is 2.27. The van der Waals surface area contributed by atoms with Crippen molar-refractivity contribution in [1.29, 1.82) is 0 Å². The lowest BCUT2D eigenvalue weighted by molar-refractivity contribution is 0.0905. The van der Waals surface area contributed by atoms with Crippen LogP contribution in [0.2, 0.25) is 0 Å². The molecule has 1 rings (SSSR count). The van der Waals surface area contributed by atoms with Crippen molar-refractivity contribution in [3.8, 4) is 0 Å². The summed E-state index contributed by atoms with van der Waals surface area (Å²) >= 11 is 0. The molecule has 0 aromatic carbocycles. The Labute approximate surface area is 89.3 Å². The van der Waals surface area contributed by atoms with Gasteiger partial charge in [0.25, 0.3) is 5.91 Å². The van der Waals surface area contributed by atoms with E-state index in [0.29, 0.717) is 12.1 Å². The second-order valence-electron chi connectivity index (χ2n) is 3.37. The fraction of sp³-hybridized carbons (Fsp3) is 0.455. The van der Waals surface area contributed by atoms with Crippen LogP contribution in [0.1, 0.15) is 30.3 Å². The van der Waals surface area contributed by atoms with Crippen LogP contribution in [0.15, 0.2) is 24.4 Å². The fourth-order valence-corrected chi connectivity index (χ4v) is 1.23. The van der Waals surface area contributed by atoms with Crippen LogP contribution in [0.3, 0.4) is 0 Å². The van der Waals surface area contributed by atoms with Gasteiger partial charge in [0.2, 0.25) is 0 Å². The highest BCUT2D eigenvalue weighted by Gasteiger charge is 2.08. The molecular weight excluding hydrogens is 192 g/mol. The number of aromatic nitrogens is 1. The quantitative estimate of drug-likeness (QED) is 0.758. The number of carbonyl (C=O) groups excluding carboxylic acids is 1. The van der Waals surface area contributed by atoms with E-state index >= 15 is 0 Å². The zero-order chi connectivity index (χ0) is 11.1.